The molecule has 0 amide bonds. The Balaban J connectivity index is 2.47. The highest BCUT2D eigenvalue weighted by Crippen LogP contribution is 2.27. The van der Waals surface area contributed by atoms with E-state index < -0.39 is 0 Å². The molecule has 2 N–H and O–H groups in total. The minimum atomic E-state index is 0.557. The van der Waals surface area contributed by atoms with E-state index in [1.807, 2.05) is 18.7 Å². The zero-order valence-corrected chi connectivity index (χ0v) is 10.9. The summed E-state index contributed by atoms with van der Waals surface area (Å²) < 4.78 is 1.84. The molecule has 2 aromatic rings. The van der Waals surface area contributed by atoms with Crippen LogP contribution in [-0.2, 0) is 7.05 Å². The third kappa shape index (κ3) is 2.05. The van der Waals surface area contributed by atoms with Crippen molar-refractivity contribution in [2.24, 2.45) is 7.05 Å². The smallest absolute Gasteiger partial charge is 0.148 e. The number of nitrogens with zero attached hydrogens (tertiary/aromatic N) is 2. The summed E-state index contributed by atoms with van der Waals surface area (Å²) in [7, 11) is 1.93. The van der Waals surface area contributed by atoms with Crippen molar-refractivity contribution in [2.45, 2.75) is 26.7 Å². The van der Waals surface area contributed by atoms with Crippen LogP contribution in [0.4, 0.5) is 5.82 Å². The zero-order chi connectivity index (χ0) is 12.6. The van der Waals surface area contributed by atoms with Crippen LogP contribution in [0.3, 0.4) is 0 Å². The standard InChI is InChI=1S/C14H19N3/c1-9(2)11-5-7-12(8-6-11)13-10(3)14(15)16-17(13)4/h5-9H,1-4H3,(H2,15,16). The van der Waals surface area contributed by atoms with Gasteiger partial charge in [-0.15, -0.1) is 0 Å². The van der Waals surface area contributed by atoms with E-state index in [4.69, 9.17) is 5.73 Å². The molecule has 0 unspecified atom stereocenters. The van der Waals surface area contributed by atoms with Gasteiger partial charge in [0.05, 0.1) is 5.69 Å². The van der Waals surface area contributed by atoms with Gasteiger partial charge in [0.15, 0.2) is 0 Å². The lowest BCUT2D eigenvalue weighted by Gasteiger charge is -2.08. The Labute approximate surface area is 102 Å². The lowest BCUT2D eigenvalue weighted by atomic mass is 10.00. The maximum atomic E-state index is 5.82. The monoisotopic (exact) mass is 229 g/mol. The molecule has 0 spiro atoms. The molecule has 0 aliphatic rings. The summed E-state index contributed by atoms with van der Waals surface area (Å²) in [5.74, 6) is 1.16. The van der Waals surface area contributed by atoms with Crippen molar-refractivity contribution in [3.8, 4) is 11.3 Å². The topological polar surface area (TPSA) is 43.8 Å². The predicted molar refractivity (Wildman–Crippen MR) is 71.9 cm³/mol. The lowest BCUT2D eigenvalue weighted by molar-refractivity contribution is 0.779. The van der Waals surface area contributed by atoms with Crippen LogP contribution in [-0.4, -0.2) is 9.78 Å². The number of nitrogen functional groups attached to an aromatic ring is 1. The third-order valence-electron chi connectivity index (χ3n) is 3.17. The van der Waals surface area contributed by atoms with E-state index in [9.17, 15) is 0 Å². The summed E-state index contributed by atoms with van der Waals surface area (Å²) in [5, 5.41) is 4.24. The van der Waals surface area contributed by atoms with E-state index in [-0.39, 0.29) is 0 Å². The second-order valence-electron chi connectivity index (χ2n) is 4.76. The van der Waals surface area contributed by atoms with Gasteiger partial charge in [0, 0.05) is 18.2 Å². The highest BCUT2D eigenvalue weighted by molar-refractivity contribution is 5.68. The second kappa shape index (κ2) is 4.24. The zero-order valence-electron chi connectivity index (χ0n) is 10.9. The molecule has 0 bridgehead atoms. The van der Waals surface area contributed by atoms with Crippen LogP contribution < -0.4 is 5.73 Å². The number of hydrogen-bond acceptors (Lipinski definition) is 2. The summed E-state index contributed by atoms with van der Waals surface area (Å²) in [6.45, 7) is 6.40. The minimum Gasteiger partial charge on any atom is -0.382 e. The third-order valence-corrected chi connectivity index (χ3v) is 3.17. The second-order valence-corrected chi connectivity index (χ2v) is 4.76. The van der Waals surface area contributed by atoms with Crippen LogP contribution in [0.25, 0.3) is 11.3 Å². The normalized spacial score (nSPS) is 11.1. The van der Waals surface area contributed by atoms with Crippen LogP contribution in [0.5, 0.6) is 0 Å². The first-order chi connectivity index (χ1) is 8.00. The summed E-state index contributed by atoms with van der Waals surface area (Å²) in [6.07, 6.45) is 0. The number of aromatic nitrogens is 2. The molecule has 0 fully saturated rings. The van der Waals surface area contributed by atoms with Gasteiger partial charge in [-0.1, -0.05) is 38.1 Å². The first-order valence-corrected chi connectivity index (χ1v) is 5.90. The molecule has 17 heavy (non-hydrogen) atoms. The number of benzene rings is 1. The van der Waals surface area contributed by atoms with Crippen LogP contribution in [0.2, 0.25) is 0 Å². The molecule has 1 aromatic heterocycles. The molecule has 1 aromatic carbocycles. The summed E-state index contributed by atoms with van der Waals surface area (Å²) in [6, 6.07) is 8.61. The van der Waals surface area contributed by atoms with Gasteiger partial charge in [0.1, 0.15) is 5.82 Å². The molecule has 0 saturated carbocycles. The molecule has 3 heteroatoms. The Kier molecular flexibility index (Phi) is 2.92. The summed E-state index contributed by atoms with van der Waals surface area (Å²) in [5.41, 5.74) is 10.5. The summed E-state index contributed by atoms with van der Waals surface area (Å²) >= 11 is 0. The van der Waals surface area contributed by atoms with E-state index >= 15 is 0 Å². The molecule has 90 valence electrons. The highest BCUT2D eigenvalue weighted by atomic mass is 15.3. The fourth-order valence-electron chi connectivity index (χ4n) is 2.08. The largest absolute Gasteiger partial charge is 0.382 e. The van der Waals surface area contributed by atoms with Gasteiger partial charge in [-0.2, -0.15) is 5.10 Å². The molecule has 0 aliphatic carbocycles. The predicted octanol–water partition coefficient (Wildman–Crippen LogP) is 3.10. The van der Waals surface area contributed by atoms with E-state index in [0.29, 0.717) is 11.7 Å². The molecule has 0 radical (unpaired) electrons. The van der Waals surface area contributed by atoms with Gasteiger partial charge in [0.25, 0.3) is 0 Å². The molecule has 0 saturated heterocycles. The van der Waals surface area contributed by atoms with Crippen LogP contribution in [0, 0.1) is 6.92 Å². The van der Waals surface area contributed by atoms with Gasteiger partial charge in [-0.05, 0) is 18.4 Å². The van der Waals surface area contributed by atoms with Crippen molar-refractivity contribution in [1.29, 1.82) is 0 Å². The molecule has 1 heterocycles. The Bertz CT molecular complexity index is 521. The van der Waals surface area contributed by atoms with Crippen LogP contribution >= 0.6 is 0 Å². The van der Waals surface area contributed by atoms with Crippen LogP contribution in [0.15, 0.2) is 24.3 Å². The van der Waals surface area contributed by atoms with E-state index in [1.54, 1.807) is 0 Å². The number of hydrogen-bond donors (Lipinski definition) is 1. The number of anilines is 1. The van der Waals surface area contributed by atoms with Gasteiger partial charge in [-0.25, -0.2) is 0 Å². The van der Waals surface area contributed by atoms with E-state index in [2.05, 4.69) is 43.2 Å². The molecule has 3 nitrogen and oxygen atoms in total. The molecule has 0 aliphatic heterocycles. The maximum Gasteiger partial charge on any atom is 0.148 e. The molecular formula is C14H19N3. The lowest BCUT2D eigenvalue weighted by Crippen LogP contribution is -1.95. The Morgan fingerprint density at radius 2 is 1.76 bits per heavy atom. The maximum absolute atomic E-state index is 5.82. The first kappa shape index (κ1) is 11.7. The van der Waals surface area contributed by atoms with Crippen molar-refractivity contribution in [1.82, 2.24) is 9.78 Å². The van der Waals surface area contributed by atoms with Crippen molar-refractivity contribution < 1.29 is 0 Å². The fraction of sp³-hybridized carbons (Fsp3) is 0.357. The van der Waals surface area contributed by atoms with Gasteiger partial charge in [-0.3, -0.25) is 4.68 Å². The Morgan fingerprint density at radius 3 is 2.18 bits per heavy atom. The van der Waals surface area contributed by atoms with Crippen molar-refractivity contribution in [3.63, 3.8) is 0 Å². The minimum absolute atomic E-state index is 0.557. The number of nitrogens with two attached hydrogens (primary N) is 1. The van der Waals surface area contributed by atoms with E-state index in [0.717, 1.165) is 11.3 Å². The van der Waals surface area contributed by atoms with Crippen molar-refractivity contribution in [2.75, 3.05) is 5.73 Å². The molecule has 0 atom stereocenters. The molecule has 2 rings (SSSR count). The van der Waals surface area contributed by atoms with Crippen molar-refractivity contribution >= 4 is 5.82 Å². The SMILES string of the molecule is Cc1c(N)nn(C)c1-c1ccc(C(C)C)cc1. The average Bonchev–Trinajstić information content (AvgIpc) is 2.53. The van der Waals surface area contributed by atoms with Crippen LogP contribution in [0.1, 0.15) is 30.9 Å². The van der Waals surface area contributed by atoms with Gasteiger partial charge >= 0.3 is 0 Å². The Morgan fingerprint density at radius 1 is 1.18 bits per heavy atom. The quantitative estimate of drug-likeness (QED) is 0.860. The van der Waals surface area contributed by atoms with Gasteiger partial charge in [0.2, 0.25) is 0 Å². The summed E-state index contributed by atoms with van der Waals surface area (Å²) in [4.78, 5) is 0. The van der Waals surface area contributed by atoms with E-state index in [1.165, 1.54) is 11.1 Å². The number of rotatable bonds is 2. The number of aryl methyl sites for hydroxylation is 1. The van der Waals surface area contributed by atoms with Crippen molar-refractivity contribution in [3.05, 3.63) is 35.4 Å². The Hall–Kier alpha value is -1.77. The molecular weight excluding hydrogens is 210 g/mol. The fourth-order valence-corrected chi connectivity index (χ4v) is 2.08. The first-order valence-electron chi connectivity index (χ1n) is 5.90. The average molecular weight is 229 g/mol. The highest BCUT2D eigenvalue weighted by Gasteiger charge is 2.11. The van der Waals surface area contributed by atoms with Gasteiger partial charge < -0.3 is 5.73 Å².